The zero-order chi connectivity index (χ0) is 15.0. The summed E-state index contributed by atoms with van der Waals surface area (Å²) in [6.07, 6.45) is 0.994. The number of hydrogen-bond acceptors (Lipinski definition) is 2. The van der Waals surface area contributed by atoms with Crippen LogP contribution in [-0.4, -0.2) is 14.7 Å². The lowest BCUT2D eigenvalue weighted by Gasteiger charge is -2.09. The third-order valence-electron chi connectivity index (χ3n) is 3.55. The topological polar surface area (TPSA) is 38.0 Å². The van der Waals surface area contributed by atoms with Crippen molar-refractivity contribution in [3.63, 3.8) is 0 Å². The van der Waals surface area contributed by atoms with Gasteiger partial charge in [-0.3, -0.25) is 0 Å². The van der Waals surface area contributed by atoms with Crippen molar-refractivity contribution in [3.05, 3.63) is 47.0 Å². The van der Waals surface area contributed by atoms with Crippen molar-refractivity contribution in [2.75, 3.05) is 0 Å². The number of rotatable bonds is 3. The standard InChI is InChI=1S/C17H17ClN2O/c1-3-8-20-15-7-5-12(18)10-14(15)19-17(20)13-6-4-11(2)9-16(13)21/h4-7,9-10,21H,3,8H2,1-2H3. The highest BCUT2D eigenvalue weighted by Gasteiger charge is 2.15. The van der Waals surface area contributed by atoms with Crippen LogP contribution in [0.25, 0.3) is 22.4 Å². The van der Waals surface area contributed by atoms with Gasteiger partial charge in [-0.25, -0.2) is 4.98 Å². The number of imidazole rings is 1. The molecule has 0 bridgehead atoms. The van der Waals surface area contributed by atoms with Crippen molar-refractivity contribution in [2.45, 2.75) is 26.8 Å². The van der Waals surface area contributed by atoms with Crippen LogP contribution in [0.1, 0.15) is 18.9 Å². The summed E-state index contributed by atoms with van der Waals surface area (Å²) in [5.41, 5.74) is 3.67. The van der Waals surface area contributed by atoms with E-state index in [0.29, 0.717) is 5.02 Å². The Hall–Kier alpha value is -2.00. The van der Waals surface area contributed by atoms with Crippen molar-refractivity contribution in [3.8, 4) is 17.1 Å². The summed E-state index contributed by atoms with van der Waals surface area (Å²) in [5.74, 6) is 1.04. The molecule has 0 fully saturated rings. The summed E-state index contributed by atoms with van der Waals surface area (Å²) < 4.78 is 2.13. The first-order chi connectivity index (χ1) is 10.1. The van der Waals surface area contributed by atoms with Gasteiger partial charge in [-0.1, -0.05) is 24.6 Å². The monoisotopic (exact) mass is 300 g/mol. The van der Waals surface area contributed by atoms with Crippen LogP contribution in [0.15, 0.2) is 36.4 Å². The van der Waals surface area contributed by atoms with Crippen LogP contribution in [0.3, 0.4) is 0 Å². The summed E-state index contributed by atoms with van der Waals surface area (Å²) in [5, 5.41) is 10.9. The Morgan fingerprint density at radius 1 is 1.19 bits per heavy atom. The maximum atomic E-state index is 10.2. The molecule has 3 nitrogen and oxygen atoms in total. The third-order valence-corrected chi connectivity index (χ3v) is 3.79. The molecule has 1 aromatic heterocycles. The zero-order valence-corrected chi connectivity index (χ0v) is 12.9. The van der Waals surface area contributed by atoms with E-state index in [1.807, 2.05) is 37.3 Å². The number of aromatic nitrogens is 2. The first-order valence-electron chi connectivity index (χ1n) is 7.06. The summed E-state index contributed by atoms with van der Waals surface area (Å²) in [6.45, 7) is 4.93. The predicted octanol–water partition coefficient (Wildman–Crippen LogP) is 4.78. The number of aromatic hydroxyl groups is 1. The Labute approximate surface area is 128 Å². The summed E-state index contributed by atoms with van der Waals surface area (Å²) in [6, 6.07) is 11.4. The number of phenolic OH excluding ortho intramolecular Hbond substituents is 1. The molecule has 0 spiro atoms. The average molecular weight is 301 g/mol. The molecule has 1 N–H and O–H groups in total. The Bertz CT molecular complexity index is 808. The van der Waals surface area contributed by atoms with Gasteiger partial charge < -0.3 is 9.67 Å². The van der Waals surface area contributed by atoms with E-state index < -0.39 is 0 Å². The van der Waals surface area contributed by atoms with Crippen LogP contribution in [0.4, 0.5) is 0 Å². The molecule has 3 rings (SSSR count). The van der Waals surface area contributed by atoms with Crippen LogP contribution in [-0.2, 0) is 6.54 Å². The van der Waals surface area contributed by atoms with Gasteiger partial charge in [0.15, 0.2) is 0 Å². The maximum Gasteiger partial charge on any atom is 0.144 e. The van der Waals surface area contributed by atoms with Gasteiger partial charge in [-0.05, 0) is 49.2 Å². The van der Waals surface area contributed by atoms with Crippen molar-refractivity contribution in [1.82, 2.24) is 9.55 Å². The second-order valence-electron chi connectivity index (χ2n) is 5.24. The Balaban J connectivity index is 2.27. The van der Waals surface area contributed by atoms with Crippen LogP contribution in [0.5, 0.6) is 5.75 Å². The number of aryl methyl sites for hydroxylation is 2. The minimum atomic E-state index is 0.258. The molecular formula is C17H17ClN2O. The van der Waals surface area contributed by atoms with Crippen molar-refractivity contribution >= 4 is 22.6 Å². The molecular weight excluding hydrogens is 284 g/mol. The van der Waals surface area contributed by atoms with E-state index in [1.54, 1.807) is 6.07 Å². The molecule has 0 amide bonds. The van der Waals surface area contributed by atoms with Gasteiger partial charge in [-0.2, -0.15) is 0 Å². The van der Waals surface area contributed by atoms with Gasteiger partial charge in [0.05, 0.1) is 16.6 Å². The van der Waals surface area contributed by atoms with Crippen molar-refractivity contribution < 1.29 is 5.11 Å². The van der Waals surface area contributed by atoms with Gasteiger partial charge >= 0.3 is 0 Å². The Kier molecular flexibility index (Phi) is 3.60. The van der Waals surface area contributed by atoms with Crippen LogP contribution < -0.4 is 0 Å². The summed E-state index contributed by atoms with van der Waals surface area (Å²) >= 11 is 6.06. The van der Waals surface area contributed by atoms with Crippen LogP contribution >= 0.6 is 11.6 Å². The molecule has 3 aromatic rings. The second-order valence-corrected chi connectivity index (χ2v) is 5.68. The minimum absolute atomic E-state index is 0.258. The van der Waals surface area contributed by atoms with E-state index in [1.165, 1.54) is 0 Å². The molecule has 4 heteroatoms. The summed E-state index contributed by atoms with van der Waals surface area (Å²) in [7, 11) is 0. The molecule has 0 radical (unpaired) electrons. The zero-order valence-electron chi connectivity index (χ0n) is 12.1. The summed E-state index contributed by atoms with van der Waals surface area (Å²) in [4.78, 5) is 4.67. The molecule has 0 aliphatic carbocycles. The average Bonchev–Trinajstić information content (AvgIpc) is 2.77. The van der Waals surface area contributed by atoms with E-state index in [4.69, 9.17) is 11.6 Å². The number of halogens is 1. The second kappa shape index (κ2) is 5.41. The molecule has 0 aliphatic rings. The van der Waals surface area contributed by atoms with Crippen LogP contribution in [0, 0.1) is 6.92 Å². The number of phenols is 1. The highest BCUT2D eigenvalue weighted by atomic mass is 35.5. The van der Waals surface area contributed by atoms with E-state index >= 15 is 0 Å². The molecule has 0 aliphatic heterocycles. The minimum Gasteiger partial charge on any atom is -0.507 e. The fourth-order valence-electron chi connectivity index (χ4n) is 2.59. The first-order valence-corrected chi connectivity index (χ1v) is 7.43. The van der Waals surface area contributed by atoms with Gasteiger partial charge in [0.1, 0.15) is 11.6 Å². The first kappa shape index (κ1) is 14.0. The third kappa shape index (κ3) is 2.49. The lowest BCUT2D eigenvalue weighted by atomic mass is 10.1. The van der Waals surface area contributed by atoms with Crippen molar-refractivity contribution in [1.29, 1.82) is 0 Å². The molecule has 0 atom stereocenters. The van der Waals surface area contributed by atoms with Gasteiger partial charge in [-0.15, -0.1) is 0 Å². The maximum absolute atomic E-state index is 10.2. The van der Waals surface area contributed by atoms with Gasteiger partial charge in [0.2, 0.25) is 0 Å². The number of fused-ring (bicyclic) bond motifs is 1. The predicted molar refractivity (Wildman–Crippen MR) is 86.9 cm³/mol. The number of hydrogen-bond donors (Lipinski definition) is 1. The normalized spacial score (nSPS) is 11.2. The van der Waals surface area contributed by atoms with E-state index in [9.17, 15) is 5.11 Å². The highest BCUT2D eigenvalue weighted by Crippen LogP contribution is 2.32. The smallest absolute Gasteiger partial charge is 0.144 e. The fourth-order valence-corrected chi connectivity index (χ4v) is 2.76. The molecule has 0 saturated heterocycles. The SMILES string of the molecule is CCCn1c(-c2ccc(C)cc2O)nc2cc(Cl)ccc21. The fraction of sp³-hybridized carbons (Fsp3) is 0.235. The van der Waals surface area contributed by atoms with E-state index in [0.717, 1.165) is 41.0 Å². The van der Waals surface area contributed by atoms with E-state index in [2.05, 4.69) is 16.5 Å². The molecule has 1 heterocycles. The molecule has 21 heavy (non-hydrogen) atoms. The lowest BCUT2D eigenvalue weighted by Crippen LogP contribution is -2.00. The largest absolute Gasteiger partial charge is 0.507 e. The van der Waals surface area contributed by atoms with Crippen molar-refractivity contribution in [2.24, 2.45) is 0 Å². The Morgan fingerprint density at radius 3 is 2.71 bits per heavy atom. The molecule has 108 valence electrons. The molecule has 0 unspecified atom stereocenters. The quantitative estimate of drug-likeness (QED) is 0.756. The number of nitrogens with zero attached hydrogens (tertiary/aromatic N) is 2. The molecule has 0 saturated carbocycles. The van der Waals surface area contributed by atoms with E-state index in [-0.39, 0.29) is 5.75 Å². The van der Waals surface area contributed by atoms with Crippen LogP contribution in [0.2, 0.25) is 5.02 Å². The lowest BCUT2D eigenvalue weighted by molar-refractivity contribution is 0.476. The Morgan fingerprint density at radius 2 is 2.00 bits per heavy atom. The highest BCUT2D eigenvalue weighted by molar-refractivity contribution is 6.31. The molecule has 2 aromatic carbocycles. The van der Waals surface area contributed by atoms with Gasteiger partial charge in [0.25, 0.3) is 0 Å². The van der Waals surface area contributed by atoms with Gasteiger partial charge in [0, 0.05) is 11.6 Å². The number of benzene rings is 2.